The van der Waals surface area contributed by atoms with Gasteiger partial charge >= 0.3 is 0 Å². The minimum atomic E-state index is -0.219. The standard InChI is InChI=1S/C23H19N3O3/c1-28-16-7-8-18(22(13-16)29-2)21-14-19(17-5-3-4-6-20(17)26-21)23(27)25-15-9-11-24-12-10-15/h3-14H,1-2H3,(H,24,25,27). The van der Waals surface area contributed by atoms with Crippen LogP contribution in [0.3, 0.4) is 0 Å². The molecule has 2 heterocycles. The fourth-order valence-corrected chi connectivity index (χ4v) is 3.15. The van der Waals surface area contributed by atoms with Crippen LogP contribution in [-0.2, 0) is 0 Å². The summed E-state index contributed by atoms with van der Waals surface area (Å²) in [5.41, 5.74) is 3.34. The molecule has 144 valence electrons. The number of hydrogen-bond donors (Lipinski definition) is 1. The Morgan fingerprint density at radius 1 is 0.931 bits per heavy atom. The van der Waals surface area contributed by atoms with Gasteiger partial charge in [0.1, 0.15) is 11.5 Å². The van der Waals surface area contributed by atoms with E-state index in [-0.39, 0.29) is 5.91 Å². The van der Waals surface area contributed by atoms with E-state index >= 15 is 0 Å². The molecular formula is C23H19N3O3. The molecule has 2 aromatic carbocycles. The summed E-state index contributed by atoms with van der Waals surface area (Å²) in [6.45, 7) is 0. The van der Waals surface area contributed by atoms with E-state index in [0.717, 1.165) is 16.5 Å². The molecule has 0 saturated carbocycles. The van der Waals surface area contributed by atoms with Gasteiger partial charge in [-0.2, -0.15) is 0 Å². The second-order valence-corrected chi connectivity index (χ2v) is 6.33. The Morgan fingerprint density at radius 3 is 2.48 bits per heavy atom. The highest BCUT2D eigenvalue weighted by molar-refractivity contribution is 6.13. The molecule has 0 bridgehead atoms. The molecule has 0 unspecified atom stereocenters. The summed E-state index contributed by atoms with van der Waals surface area (Å²) in [5.74, 6) is 1.08. The molecule has 4 aromatic rings. The van der Waals surface area contributed by atoms with Gasteiger partial charge in [0.05, 0.1) is 31.0 Å². The highest BCUT2D eigenvalue weighted by Gasteiger charge is 2.16. The van der Waals surface area contributed by atoms with E-state index in [1.54, 1.807) is 50.9 Å². The van der Waals surface area contributed by atoms with Crippen LogP contribution in [0.15, 0.2) is 73.1 Å². The summed E-state index contributed by atoms with van der Waals surface area (Å²) in [7, 11) is 3.20. The van der Waals surface area contributed by atoms with Crippen molar-refractivity contribution in [2.45, 2.75) is 0 Å². The average Bonchev–Trinajstić information content (AvgIpc) is 2.78. The quantitative estimate of drug-likeness (QED) is 0.545. The first-order valence-electron chi connectivity index (χ1n) is 9.03. The van der Waals surface area contributed by atoms with E-state index in [9.17, 15) is 4.79 Å². The van der Waals surface area contributed by atoms with Crippen LogP contribution in [0.2, 0.25) is 0 Å². The minimum absolute atomic E-state index is 0.219. The van der Waals surface area contributed by atoms with Crippen molar-refractivity contribution in [2.75, 3.05) is 19.5 Å². The number of nitrogens with zero attached hydrogens (tertiary/aromatic N) is 2. The van der Waals surface area contributed by atoms with Crippen LogP contribution in [0, 0.1) is 0 Å². The maximum absolute atomic E-state index is 13.1. The van der Waals surface area contributed by atoms with Gasteiger partial charge in [-0.15, -0.1) is 0 Å². The van der Waals surface area contributed by atoms with Crippen molar-refractivity contribution in [3.63, 3.8) is 0 Å². The second-order valence-electron chi connectivity index (χ2n) is 6.33. The Morgan fingerprint density at radius 2 is 1.72 bits per heavy atom. The topological polar surface area (TPSA) is 73.3 Å². The lowest BCUT2D eigenvalue weighted by Crippen LogP contribution is -2.13. The van der Waals surface area contributed by atoms with E-state index in [0.29, 0.717) is 28.4 Å². The van der Waals surface area contributed by atoms with Gasteiger partial charge < -0.3 is 14.8 Å². The first-order chi connectivity index (χ1) is 14.2. The number of amides is 1. The third-order valence-electron chi connectivity index (χ3n) is 4.58. The molecule has 0 aliphatic rings. The zero-order valence-electron chi connectivity index (χ0n) is 16.0. The molecule has 4 rings (SSSR count). The largest absolute Gasteiger partial charge is 0.497 e. The number of aromatic nitrogens is 2. The number of nitrogens with one attached hydrogen (secondary N) is 1. The number of benzene rings is 2. The number of carbonyl (C=O) groups is 1. The van der Waals surface area contributed by atoms with Gasteiger partial charge in [-0.05, 0) is 36.4 Å². The zero-order chi connectivity index (χ0) is 20.2. The van der Waals surface area contributed by atoms with Crippen LogP contribution >= 0.6 is 0 Å². The summed E-state index contributed by atoms with van der Waals surface area (Å²) in [6.07, 6.45) is 3.27. The molecule has 0 aliphatic carbocycles. The van der Waals surface area contributed by atoms with Crippen molar-refractivity contribution in [3.8, 4) is 22.8 Å². The van der Waals surface area contributed by atoms with Gasteiger partial charge in [0.15, 0.2) is 0 Å². The number of carbonyl (C=O) groups excluding carboxylic acids is 1. The van der Waals surface area contributed by atoms with Gasteiger partial charge in [0.2, 0.25) is 0 Å². The third kappa shape index (κ3) is 3.73. The van der Waals surface area contributed by atoms with Crippen molar-refractivity contribution in [3.05, 3.63) is 78.6 Å². The number of anilines is 1. The lowest BCUT2D eigenvalue weighted by atomic mass is 10.0. The van der Waals surface area contributed by atoms with Crippen molar-refractivity contribution in [1.29, 1.82) is 0 Å². The van der Waals surface area contributed by atoms with E-state index in [4.69, 9.17) is 14.5 Å². The Hall–Kier alpha value is -3.93. The van der Waals surface area contributed by atoms with Crippen LogP contribution < -0.4 is 14.8 Å². The van der Waals surface area contributed by atoms with Gasteiger partial charge in [-0.1, -0.05) is 18.2 Å². The van der Waals surface area contributed by atoms with Gasteiger partial charge in [-0.25, -0.2) is 4.98 Å². The Kier molecular flexibility index (Phi) is 5.07. The molecular weight excluding hydrogens is 366 g/mol. The lowest BCUT2D eigenvalue weighted by molar-refractivity contribution is 0.102. The Balaban J connectivity index is 1.84. The molecule has 0 atom stereocenters. The van der Waals surface area contributed by atoms with Crippen molar-refractivity contribution < 1.29 is 14.3 Å². The molecule has 0 aliphatic heterocycles. The third-order valence-corrected chi connectivity index (χ3v) is 4.58. The minimum Gasteiger partial charge on any atom is -0.497 e. The number of fused-ring (bicyclic) bond motifs is 1. The van der Waals surface area contributed by atoms with Crippen molar-refractivity contribution in [2.24, 2.45) is 0 Å². The molecule has 1 N–H and O–H groups in total. The molecule has 6 heteroatoms. The normalized spacial score (nSPS) is 10.6. The molecule has 1 amide bonds. The van der Waals surface area contributed by atoms with Crippen LogP contribution in [0.1, 0.15) is 10.4 Å². The van der Waals surface area contributed by atoms with Crippen LogP contribution in [0.5, 0.6) is 11.5 Å². The fraction of sp³-hybridized carbons (Fsp3) is 0.0870. The maximum Gasteiger partial charge on any atom is 0.256 e. The first kappa shape index (κ1) is 18.4. The van der Waals surface area contributed by atoms with Gasteiger partial charge in [0, 0.05) is 35.1 Å². The van der Waals surface area contributed by atoms with E-state index in [1.165, 1.54) is 0 Å². The number of methoxy groups -OCH3 is 2. The maximum atomic E-state index is 13.1. The van der Waals surface area contributed by atoms with Crippen LogP contribution in [0.25, 0.3) is 22.2 Å². The summed E-state index contributed by atoms with van der Waals surface area (Å²) in [4.78, 5) is 21.8. The summed E-state index contributed by atoms with van der Waals surface area (Å²) in [6, 6.07) is 18.3. The van der Waals surface area contributed by atoms with Crippen LogP contribution in [-0.4, -0.2) is 30.1 Å². The summed E-state index contributed by atoms with van der Waals surface area (Å²) < 4.78 is 10.8. The predicted octanol–water partition coefficient (Wildman–Crippen LogP) is 4.57. The smallest absolute Gasteiger partial charge is 0.256 e. The highest BCUT2D eigenvalue weighted by Crippen LogP contribution is 2.34. The van der Waals surface area contributed by atoms with Gasteiger partial charge in [-0.3, -0.25) is 9.78 Å². The molecule has 0 fully saturated rings. The summed E-state index contributed by atoms with van der Waals surface area (Å²) in [5, 5.41) is 3.69. The van der Waals surface area contributed by atoms with E-state index < -0.39 is 0 Å². The number of pyridine rings is 2. The van der Waals surface area contributed by atoms with Crippen molar-refractivity contribution >= 4 is 22.5 Å². The van der Waals surface area contributed by atoms with Crippen LogP contribution in [0.4, 0.5) is 5.69 Å². The second kappa shape index (κ2) is 7.98. The molecule has 29 heavy (non-hydrogen) atoms. The lowest BCUT2D eigenvalue weighted by Gasteiger charge is -2.13. The number of para-hydroxylation sites is 1. The monoisotopic (exact) mass is 385 g/mol. The molecule has 6 nitrogen and oxygen atoms in total. The Labute approximate surface area is 168 Å². The molecule has 0 radical (unpaired) electrons. The van der Waals surface area contributed by atoms with E-state index in [1.807, 2.05) is 36.4 Å². The summed E-state index contributed by atoms with van der Waals surface area (Å²) >= 11 is 0. The van der Waals surface area contributed by atoms with Gasteiger partial charge in [0.25, 0.3) is 5.91 Å². The Bertz CT molecular complexity index is 1180. The first-order valence-corrected chi connectivity index (χ1v) is 9.03. The fourth-order valence-electron chi connectivity index (χ4n) is 3.15. The average molecular weight is 385 g/mol. The van der Waals surface area contributed by atoms with E-state index in [2.05, 4.69) is 10.3 Å². The number of rotatable bonds is 5. The number of hydrogen-bond acceptors (Lipinski definition) is 5. The number of ether oxygens (including phenoxy) is 2. The SMILES string of the molecule is COc1ccc(-c2cc(C(=O)Nc3ccncc3)c3ccccc3n2)c(OC)c1. The molecule has 2 aromatic heterocycles. The predicted molar refractivity (Wildman–Crippen MR) is 112 cm³/mol. The molecule has 0 spiro atoms. The molecule has 0 saturated heterocycles. The van der Waals surface area contributed by atoms with Crippen molar-refractivity contribution in [1.82, 2.24) is 9.97 Å². The highest BCUT2D eigenvalue weighted by atomic mass is 16.5. The zero-order valence-corrected chi connectivity index (χ0v) is 16.0.